The van der Waals surface area contributed by atoms with Crippen molar-refractivity contribution in [3.63, 3.8) is 0 Å². The number of carboxylic acids is 1. The number of benzene rings is 1. The maximum absolute atomic E-state index is 11.4. The Balaban J connectivity index is 2.15. The molecule has 1 aromatic heterocycles. The standard InChI is InChI=1S/C15H20N2O2/c1-3-8-15(2,14(18)19)17-10-11-9-16-13-7-5-4-6-12(11)13/h4-7,9,16-17H,3,8,10H2,1-2H3,(H,18,19). The van der Waals surface area contributed by atoms with Gasteiger partial charge in [0, 0.05) is 23.6 Å². The average Bonchev–Trinajstić information content (AvgIpc) is 2.80. The van der Waals surface area contributed by atoms with Crippen LogP contribution in [-0.4, -0.2) is 21.6 Å². The van der Waals surface area contributed by atoms with E-state index in [1.807, 2.05) is 37.4 Å². The molecule has 0 fully saturated rings. The van der Waals surface area contributed by atoms with E-state index in [2.05, 4.69) is 10.3 Å². The van der Waals surface area contributed by atoms with Gasteiger partial charge in [-0.25, -0.2) is 0 Å². The molecule has 4 heteroatoms. The Morgan fingerprint density at radius 2 is 2.16 bits per heavy atom. The SMILES string of the molecule is CCCC(C)(NCc1c[nH]c2ccccc12)C(=O)O. The minimum Gasteiger partial charge on any atom is -0.480 e. The number of carboxylic acid groups (broad SMARTS) is 1. The topological polar surface area (TPSA) is 65.1 Å². The number of carbonyl (C=O) groups is 1. The third-order valence-electron chi connectivity index (χ3n) is 3.57. The first-order valence-electron chi connectivity index (χ1n) is 6.60. The van der Waals surface area contributed by atoms with Crippen molar-refractivity contribution < 1.29 is 9.90 Å². The molecule has 19 heavy (non-hydrogen) atoms. The highest BCUT2D eigenvalue weighted by Gasteiger charge is 2.31. The van der Waals surface area contributed by atoms with Crippen LogP contribution in [0.2, 0.25) is 0 Å². The zero-order valence-electron chi connectivity index (χ0n) is 11.4. The molecule has 1 unspecified atom stereocenters. The van der Waals surface area contributed by atoms with Crippen LogP contribution in [0.4, 0.5) is 0 Å². The minimum atomic E-state index is -0.868. The van der Waals surface area contributed by atoms with Gasteiger partial charge in [-0.15, -0.1) is 0 Å². The third kappa shape index (κ3) is 2.79. The number of rotatable bonds is 6. The number of hydrogen-bond acceptors (Lipinski definition) is 2. The average molecular weight is 260 g/mol. The van der Waals surface area contributed by atoms with Crippen molar-refractivity contribution in [2.75, 3.05) is 0 Å². The van der Waals surface area contributed by atoms with Gasteiger partial charge in [-0.2, -0.15) is 0 Å². The van der Waals surface area contributed by atoms with Crippen LogP contribution >= 0.6 is 0 Å². The van der Waals surface area contributed by atoms with Gasteiger partial charge in [0.15, 0.2) is 0 Å². The van der Waals surface area contributed by atoms with Gasteiger partial charge in [0.2, 0.25) is 0 Å². The molecule has 0 spiro atoms. The molecule has 0 aliphatic rings. The molecule has 0 aliphatic heterocycles. The second-order valence-electron chi connectivity index (χ2n) is 5.10. The fourth-order valence-electron chi connectivity index (χ4n) is 2.34. The van der Waals surface area contributed by atoms with Crippen LogP contribution in [0.1, 0.15) is 32.3 Å². The van der Waals surface area contributed by atoms with Crippen molar-refractivity contribution in [3.8, 4) is 0 Å². The number of fused-ring (bicyclic) bond motifs is 1. The second-order valence-corrected chi connectivity index (χ2v) is 5.10. The van der Waals surface area contributed by atoms with Crippen LogP contribution in [0.5, 0.6) is 0 Å². The molecule has 4 nitrogen and oxygen atoms in total. The molecule has 1 aromatic carbocycles. The molecule has 0 radical (unpaired) electrons. The number of aliphatic carboxylic acids is 1. The van der Waals surface area contributed by atoms with E-state index in [-0.39, 0.29) is 0 Å². The first-order valence-corrected chi connectivity index (χ1v) is 6.60. The number of aromatic nitrogens is 1. The molecule has 2 aromatic rings. The Labute approximate surface area is 112 Å². The first-order chi connectivity index (χ1) is 9.07. The summed E-state index contributed by atoms with van der Waals surface area (Å²) in [5.74, 6) is -0.797. The summed E-state index contributed by atoms with van der Waals surface area (Å²) in [6, 6.07) is 8.03. The number of para-hydroxylation sites is 1. The summed E-state index contributed by atoms with van der Waals surface area (Å²) < 4.78 is 0. The number of nitrogens with one attached hydrogen (secondary N) is 2. The summed E-state index contributed by atoms with van der Waals surface area (Å²) in [6.45, 7) is 4.29. The van der Waals surface area contributed by atoms with E-state index >= 15 is 0 Å². The van der Waals surface area contributed by atoms with Gasteiger partial charge >= 0.3 is 5.97 Å². The molecule has 1 heterocycles. The Morgan fingerprint density at radius 3 is 2.84 bits per heavy atom. The van der Waals surface area contributed by atoms with Gasteiger partial charge < -0.3 is 10.1 Å². The maximum Gasteiger partial charge on any atom is 0.323 e. The van der Waals surface area contributed by atoms with Crippen molar-refractivity contribution in [1.82, 2.24) is 10.3 Å². The van der Waals surface area contributed by atoms with E-state index in [0.717, 1.165) is 22.9 Å². The van der Waals surface area contributed by atoms with Crippen LogP contribution in [0, 0.1) is 0 Å². The predicted octanol–water partition coefficient (Wildman–Crippen LogP) is 2.90. The maximum atomic E-state index is 11.4. The third-order valence-corrected chi connectivity index (χ3v) is 3.57. The van der Waals surface area contributed by atoms with Crippen molar-refractivity contribution in [2.24, 2.45) is 0 Å². The van der Waals surface area contributed by atoms with Crippen LogP contribution in [0.15, 0.2) is 30.5 Å². The van der Waals surface area contributed by atoms with Crippen molar-refractivity contribution in [3.05, 3.63) is 36.0 Å². The minimum absolute atomic E-state index is 0.548. The molecule has 0 bridgehead atoms. The number of hydrogen-bond donors (Lipinski definition) is 3. The van der Waals surface area contributed by atoms with Crippen LogP contribution in [-0.2, 0) is 11.3 Å². The number of H-pyrrole nitrogens is 1. The van der Waals surface area contributed by atoms with E-state index in [0.29, 0.717) is 13.0 Å². The smallest absolute Gasteiger partial charge is 0.323 e. The fraction of sp³-hybridized carbons (Fsp3) is 0.400. The normalized spacial score (nSPS) is 14.4. The summed E-state index contributed by atoms with van der Waals surface area (Å²) in [7, 11) is 0. The Bertz CT molecular complexity index is 576. The lowest BCUT2D eigenvalue weighted by molar-refractivity contribution is -0.144. The summed E-state index contributed by atoms with van der Waals surface area (Å²) in [6.07, 6.45) is 3.39. The molecule has 0 amide bonds. The quantitative estimate of drug-likeness (QED) is 0.748. The zero-order valence-corrected chi connectivity index (χ0v) is 11.4. The highest BCUT2D eigenvalue weighted by molar-refractivity contribution is 5.83. The van der Waals surface area contributed by atoms with Gasteiger partial charge in [0.25, 0.3) is 0 Å². The van der Waals surface area contributed by atoms with Gasteiger partial charge in [-0.05, 0) is 25.0 Å². The molecule has 0 aliphatic carbocycles. The van der Waals surface area contributed by atoms with Gasteiger partial charge in [-0.1, -0.05) is 31.5 Å². The van der Waals surface area contributed by atoms with E-state index in [4.69, 9.17) is 0 Å². The molecule has 2 rings (SSSR count). The lowest BCUT2D eigenvalue weighted by Gasteiger charge is -2.25. The highest BCUT2D eigenvalue weighted by Crippen LogP contribution is 2.19. The molecule has 102 valence electrons. The van der Waals surface area contributed by atoms with Crippen molar-refractivity contribution in [1.29, 1.82) is 0 Å². The summed E-state index contributed by atoms with van der Waals surface area (Å²) >= 11 is 0. The van der Waals surface area contributed by atoms with Gasteiger partial charge in [0.05, 0.1) is 0 Å². The van der Waals surface area contributed by atoms with Crippen molar-refractivity contribution in [2.45, 2.75) is 38.8 Å². The van der Waals surface area contributed by atoms with E-state index < -0.39 is 11.5 Å². The molecular formula is C15H20N2O2. The lowest BCUT2D eigenvalue weighted by Crippen LogP contribution is -2.48. The fourth-order valence-corrected chi connectivity index (χ4v) is 2.34. The van der Waals surface area contributed by atoms with Crippen LogP contribution in [0.3, 0.4) is 0 Å². The summed E-state index contributed by atoms with van der Waals surface area (Å²) in [5.41, 5.74) is 1.30. The Morgan fingerprint density at radius 1 is 1.42 bits per heavy atom. The van der Waals surface area contributed by atoms with Crippen molar-refractivity contribution >= 4 is 16.9 Å². The van der Waals surface area contributed by atoms with E-state index in [1.165, 1.54) is 0 Å². The predicted molar refractivity (Wildman–Crippen MR) is 76.1 cm³/mol. The monoisotopic (exact) mass is 260 g/mol. The highest BCUT2D eigenvalue weighted by atomic mass is 16.4. The summed E-state index contributed by atoms with van der Waals surface area (Å²) in [5, 5.41) is 13.6. The Hall–Kier alpha value is -1.81. The first kappa shape index (κ1) is 13.6. The molecule has 0 saturated carbocycles. The molecule has 1 atom stereocenters. The van der Waals surface area contributed by atoms with E-state index in [1.54, 1.807) is 6.92 Å². The summed E-state index contributed by atoms with van der Waals surface area (Å²) in [4.78, 5) is 14.6. The molecule has 3 N–H and O–H groups in total. The molecular weight excluding hydrogens is 240 g/mol. The number of aromatic amines is 1. The second kappa shape index (κ2) is 5.45. The Kier molecular flexibility index (Phi) is 3.90. The van der Waals surface area contributed by atoms with Gasteiger partial charge in [-0.3, -0.25) is 10.1 Å². The van der Waals surface area contributed by atoms with Crippen LogP contribution < -0.4 is 5.32 Å². The van der Waals surface area contributed by atoms with E-state index in [9.17, 15) is 9.90 Å². The molecule has 0 saturated heterocycles. The largest absolute Gasteiger partial charge is 0.480 e. The zero-order chi connectivity index (χ0) is 13.9. The van der Waals surface area contributed by atoms with Crippen LogP contribution in [0.25, 0.3) is 10.9 Å². The van der Waals surface area contributed by atoms with Gasteiger partial charge in [0.1, 0.15) is 5.54 Å². The lowest BCUT2D eigenvalue weighted by atomic mass is 9.96.